The topological polar surface area (TPSA) is 55.4 Å². The Morgan fingerprint density at radius 2 is 1.55 bits per heavy atom. The van der Waals surface area contributed by atoms with Crippen LogP contribution in [-0.2, 0) is 33.5 Å². The largest absolute Gasteiger partial charge is 0.497 e. The molecule has 0 bridgehead atoms. The summed E-state index contributed by atoms with van der Waals surface area (Å²) in [4.78, 5) is 12.3. The number of ether oxygens (including phenoxy) is 1. The van der Waals surface area contributed by atoms with E-state index < -0.39 is 10.8 Å². The van der Waals surface area contributed by atoms with Crippen molar-refractivity contribution in [3.63, 3.8) is 0 Å². The number of methoxy groups -OCH3 is 1. The predicted molar refractivity (Wildman–Crippen MR) is 128 cm³/mol. The number of nitrogens with one attached hydrogen (secondary N) is 1. The summed E-state index contributed by atoms with van der Waals surface area (Å²) in [7, 11) is 0.670. The van der Waals surface area contributed by atoms with E-state index in [1.165, 1.54) is 5.56 Å². The van der Waals surface area contributed by atoms with Crippen molar-refractivity contribution in [2.24, 2.45) is 0 Å². The number of aryl methyl sites for hydroxylation is 1. The number of carbonyl (C=O) groups excluding carboxylic acids is 1. The minimum absolute atomic E-state index is 0.0114. The van der Waals surface area contributed by atoms with Gasteiger partial charge in [0.1, 0.15) is 5.75 Å². The number of unbranched alkanes of at least 4 members (excludes halogenated alkanes) is 1. The van der Waals surface area contributed by atoms with Crippen molar-refractivity contribution in [1.82, 2.24) is 0 Å². The highest BCUT2D eigenvalue weighted by molar-refractivity contribution is 7.83. The highest BCUT2D eigenvalue weighted by atomic mass is 32.2. The van der Waals surface area contributed by atoms with Crippen LogP contribution in [0.15, 0.2) is 78.9 Å². The maximum absolute atomic E-state index is 12.5. The lowest BCUT2D eigenvalue weighted by Gasteiger charge is -2.08. The molecule has 5 heteroatoms. The van der Waals surface area contributed by atoms with E-state index in [9.17, 15) is 9.00 Å². The summed E-state index contributed by atoms with van der Waals surface area (Å²) in [5.74, 6) is 1.87. The Kier molecular flexibility index (Phi) is 8.85. The highest BCUT2D eigenvalue weighted by Crippen LogP contribution is 2.16. The number of carbonyl (C=O) groups is 1. The van der Waals surface area contributed by atoms with E-state index in [1.807, 2.05) is 66.7 Å². The third-order valence-corrected chi connectivity index (χ3v) is 6.30. The average molecular weight is 436 g/mol. The number of benzene rings is 3. The van der Waals surface area contributed by atoms with Gasteiger partial charge in [0.2, 0.25) is 5.91 Å². The zero-order valence-corrected chi connectivity index (χ0v) is 18.7. The van der Waals surface area contributed by atoms with Crippen LogP contribution in [-0.4, -0.2) is 17.2 Å². The Labute approximate surface area is 187 Å². The maximum Gasteiger partial charge on any atom is 0.224 e. The Bertz CT molecular complexity index is 987. The van der Waals surface area contributed by atoms with Crippen molar-refractivity contribution in [3.05, 3.63) is 95.6 Å². The molecule has 0 saturated carbocycles. The Morgan fingerprint density at radius 3 is 2.29 bits per heavy atom. The normalized spacial score (nSPS) is 11.6. The zero-order chi connectivity index (χ0) is 21.9. The van der Waals surface area contributed by atoms with Crippen LogP contribution in [0.3, 0.4) is 0 Å². The SMILES string of the molecule is COc1ccc(CCCCC(=O)Nc2cccc(CS(=O)Cc3ccccc3)c2)cc1. The fraction of sp³-hybridized carbons (Fsp3) is 0.269. The van der Waals surface area contributed by atoms with Crippen molar-refractivity contribution >= 4 is 22.4 Å². The lowest BCUT2D eigenvalue weighted by Crippen LogP contribution is -2.11. The fourth-order valence-electron chi connectivity index (χ4n) is 3.37. The first-order valence-electron chi connectivity index (χ1n) is 10.5. The molecule has 0 aliphatic carbocycles. The van der Waals surface area contributed by atoms with Gasteiger partial charge in [-0.2, -0.15) is 0 Å². The minimum Gasteiger partial charge on any atom is -0.497 e. The van der Waals surface area contributed by atoms with E-state index in [-0.39, 0.29) is 5.91 Å². The van der Waals surface area contributed by atoms with Crippen LogP contribution in [0.4, 0.5) is 5.69 Å². The summed E-state index contributed by atoms with van der Waals surface area (Å²) < 4.78 is 17.6. The molecule has 0 saturated heterocycles. The average Bonchev–Trinajstić information content (AvgIpc) is 2.78. The molecule has 0 heterocycles. The maximum atomic E-state index is 12.5. The van der Waals surface area contributed by atoms with E-state index in [1.54, 1.807) is 7.11 Å². The summed E-state index contributed by atoms with van der Waals surface area (Å²) in [6.45, 7) is 0. The Morgan fingerprint density at radius 1 is 0.839 bits per heavy atom. The minimum atomic E-state index is -0.990. The van der Waals surface area contributed by atoms with E-state index in [2.05, 4.69) is 17.4 Å². The van der Waals surface area contributed by atoms with Crippen LogP contribution in [0.5, 0.6) is 5.75 Å². The van der Waals surface area contributed by atoms with E-state index in [0.717, 1.165) is 41.8 Å². The summed E-state index contributed by atoms with van der Waals surface area (Å²) in [5, 5.41) is 2.96. The first kappa shape index (κ1) is 22.8. The van der Waals surface area contributed by atoms with Gasteiger partial charge in [-0.25, -0.2) is 0 Å². The second kappa shape index (κ2) is 12.1. The van der Waals surface area contributed by atoms with Crippen molar-refractivity contribution in [2.45, 2.75) is 37.2 Å². The number of hydrogen-bond donors (Lipinski definition) is 1. The van der Waals surface area contributed by atoms with Gasteiger partial charge in [-0.1, -0.05) is 54.6 Å². The van der Waals surface area contributed by atoms with Crippen molar-refractivity contribution < 1.29 is 13.7 Å². The number of hydrogen-bond acceptors (Lipinski definition) is 3. The van der Waals surface area contributed by atoms with Crippen LogP contribution in [0.1, 0.15) is 36.0 Å². The highest BCUT2D eigenvalue weighted by Gasteiger charge is 2.07. The quantitative estimate of drug-likeness (QED) is 0.405. The molecule has 162 valence electrons. The molecular weight excluding hydrogens is 406 g/mol. The summed E-state index contributed by atoms with van der Waals surface area (Å²) in [6.07, 6.45) is 3.22. The molecule has 0 aliphatic heterocycles. The van der Waals surface area contributed by atoms with Gasteiger partial charge in [-0.05, 0) is 60.2 Å². The molecule has 0 fully saturated rings. The van der Waals surface area contributed by atoms with E-state index in [0.29, 0.717) is 17.9 Å². The lowest BCUT2D eigenvalue weighted by atomic mass is 10.1. The van der Waals surface area contributed by atoms with Crippen molar-refractivity contribution in [2.75, 3.05) is 12.4 Å². The van der Waals surface area contributed by atoms with Crippen LogP contribution < -0.4 is 10.1 Å². The summed E-state index contributed by atoms with van der Waals surface area (Å²) in [5.41, 5.74) is 4.04. The Balaban J connectivity index is 1.41. The van der Waals surface area contributed by atoms with Gasteiger partial charge in [0.05, 0.1) is 7.11 Å². The number of anilines is 1. The molecule has 0 aliphatic rings. The molecule has 4 nitrogen and oxygen atoms in total. The molecule has 0 aromatic heterocycles. The predicted octanol–water partition coefficient (Wildman–Crippen LogP) is 5.50. The monoisotopic (exact) mass is 435 g/mol. The first-order valence-corrected chi connectivity index (χ1v) is 12.0. The summed E-state index contributed by atoms with van der Waals surface area (Å²) >= 11 is 0. The second-order valence-corrected chi connectivity index (χ2v) is 8.97. The van der Waals surface area contributed by atoms with Crippen molar-refractivity contribution in [1.29, 1.82) is 0 Å². The Hall–Kier alpha value is -2.92. The molecule has 3 aromatic rings. The molecule has 1 atom stereocenters. The molecular formula is C26H29NO3S. The van der Waals surface area contributed by atoms with Crippen LogP contribution in [0.2, 0.25) is 0 Å². The molecule has 31 heavy (non-hydrogen) atoms. The van der Waals surface area contributed by atoms with Crippen molar-refractivity contribution in [3.8, 4) is 5.75 Å². The standard InChI is InChI=1S/C26H29NO3S/c1-30-25-16-14-21(15-17-25)8-5-6-13-26(28)27-24-12-7-11-23(18-24)20-31(29)19-22-9-3-2-4-10-22/h2-4,7,9-12,14-18H,5-6,8,13,19-20H2,1H3,(H,27,28). The third kappa shape index (κ3) is 8.02. The molecule has 0 radical (unpaired) electrons. The van der Waals surface area contributed by atoms with Crippen LogP contribution >= 0.6 is 0 Å². The van der Waals surface area contributed by atoms with Gasteiger partial charge < -0.3 is 10.1 Å². The molecule has 1 unspecified atom stereocenters. The fourth-order valence-corrected chi connectivity index (χ4v) is 4.58. The molecule has 3 rings (SSSR count). The van der Waals surface area contributed by atoms with Gasteiger partial charge in [0.15, 0.2) is 0 Å². The van der Waals surface area contributed by atoms with Crippen LogP contribution in [0.25, 0.3) is 0 Å². The van der Waals surface area contributed by atoms with Crippen LogP contribution in [0, 0.1) is 0 Å². The van der Waals surface area contributed by atoms with Gasteiger partial charge in [0.25, 0.3) is 0 Å². The summed E-state index contributed by atoms with van der Waals surface area (Å²) in [6, 6.07) is 25.5. The van der Waals surface area contributed by atoms with Gasteiger partial charge >= 0.3 is 0 Å². The molecule has 1 amide bonds. The smallest absolute Gasteiger partial charge is 0.224 e. The third-order valence-electron chi connectivity index (χ3n) is 4.99. The van der Waals surface area contributed by atoms with Gasteiger partial charge in [-0.15, -0.1) is 0 Å². The molecule has 0 spiro atoms. The zero-order valence-electron chi connectivity index (χ0n) is 17.9. The molecule has 1 N–H and O–H groups in total. The number of rotatable bonds is 11. The first-order chi connectivity index (χ1) is 15.1. The molecule has 3 aromatic carbocycles. The number of amides is 1. The lowest BCUT2D eigenvalue weighted by molar-refractivity contribution is -0.116. The van der Waals surface area contributed by atoms with E-state index in [4.69, 9.17) is 4.74 Å². The second-order valence-electron chi connectivity index (χ2n) is 7.52. The van der Waals surface area contributed by atoms with Gasteiger partial charge in [-0.3, -0.25) is 9.00 Å². The van der Waals surface area contributed by atoms with E-state index >= 15 is 0 Å². The van der Waals surface area contributed by atoms with Gasteiger partial charge in [0, 0.05) is 34.4 Å².